The van der Waals surface area contributed by atoms with E-state index in [0.29, 0.717) is 5.41 Å². The third-order valence-corrected chi connectivity index (χ3v) is 7.21. The number of nitrogens with zero attached hydrogens (tertiary/aromatic N) is 4. The van der Waals surface area contributed by atoms with Gasteiger partial charge in [0.25, 0.3) is 0 Å². The van der Waals surface area contributed by atoms with Gasteiger partial charge in [-0.15, -0.1) is 0 Å². The summed E-state index contributed by atoms with van der Waals surface area (Å²) in [4.78, 5) is 10.8. The molecule has 0 N–H and O–H groups in total. The monoisotopic (exact) mass is 320 g/mol. The van der Waals surface area contributed by atoms with E-state index in [9.17, 15) is 0 Å². The lowest BCUT2D eigenvalue weighted by Gasteiger charge is -2.62. The van der Waals surface area contributed by atoms with Crippen LogP contribution >= 0.6 is 0 Å². The predicted octanol–water partition coefficient (Wildman–Crippen LogP) is 1.57. The van der Waals surface area contributed by atoms with Crippen LogP contribution in [0.4, 0.5) is 0 Å². The molecular weight excluding hydrogens is 284 g/mol. The average Bonchev–Trinajstić information content (AvgIpc) is 2.37. The lowest BCUT2D eigenvalue weighted by Crippen LogP contribution is -2.74. The molecule has 4 heterocycles. The fourth-order valence-electron chi connectivity index (χ4n) is 5.06. The van der Waals surface area contributed by atoms with Gasteiger partial charge in [-0.05, 0) is 59.0 Å². The van der Waals surface area contributed by atoms with Crippen molar-refractivity contribution in [3.05, 3.63) is 0 Å². The Labute approximate surface area is 142 Å². The fraction of sp³-hybridized carbons (Fsp3) is 1.00. The molecule has 0 amide bonds. The van der Waals surface area contributed by atoms with Gasteiger partial charge < -0.3 is 4.90 Å². The molecule has 0 aromatic rings. The highest BCUT2D eigenvalue weighted by Gasteiger charge is 2.50. The number of rotatable bonds is 4. The highest BCUT2D eigenvalue weighted by atomic mass is 15.4. The van der Waals surface area contributed by atoms with Crippen LogP contribution in [0.1, 0.15) is 40.5 Å². The maximum absolute atomic E-state index is 2.79. The molecule has 0 aromatic carbocycles. The molecule has 4 nitrogen and oxygen atoms in total. The molecular formula is C19H36N4. The Morgan fingerprint density at radius 1 is 0.696 bits per heavy atom. The second kappa shape index (κ2) is 5.98. The van der Waals surface area contributed by atoms with Crippen molar-refractivity contribution in [1.29, 1.82) is 0 Å². The summed E-state index contributed by atoms with van der Waals surface area (Å²) in [6.07, 6.45) is 2.87. The van der Waals surface area contributed by atoms with E-state index >= 15 is 0 Å². The third kappa shape index (κ3) is 2.97. The quantitative estimate of drug-likeness (QED) is 0.779. The first-order valence-corrected chi connectivity index (χ1v) is 9.92. The van der Waals surface area contributed by atoms with E-state index < -0.39 is 0 Å². The molecule has 0 atom stereocenters. The molecule has 0 aliphatic carbocycles. The summed E-state index contributed by atoms with van der Waals surface area (Å²) in [5.74, 6) is 0. The third-order valence-electron chi connectivity index (χ3n) is 7.21. The smallest absolute Gasteiger partial charge is 0.0352 e. The minimum absolute atomic E-state index is 0.691. The Kier molecular flexibility index (Phi) is 4.24. The summed E-state index contributed by atoms with van der Waals surface area (Å²) in [7, 11) is 0. The summed E-state index contributed by atoms with van der Waals surface area (Å²) in [5.41, 5.74) is 0.691. The van der Waals surface area contributed by atoms with Gasteiger partial charge in [0.15, 0.2) is 0 Å². The van der Waals surface area contributed by atoms with Gasteiger partial charge in [0.2, 0.25) is 0 Å². The van der Waals surface area contributed by atoms with Gasteiger partial charge in [0.1, 0.15) is 0 Å². The van der Waals surface area contributed by atoms with Crippen LogP contribution < -0.4 is 0 Å². The summed E-state index contributed by atoms with van der Waals surface area (Å²) < 4.78 is 0. The van der Waals surface area contributed by atoms with Crippen molar-refractivity contribution >= 4 is 0 Å². The minimum atomic E-state index is 0.691. The average molecular weight is 321 g/mol. The van der Waals surface area contributed by atoms with Crippen LogP contribution in [-0.4, -0.2) is 96.1 Å². The van der Waals surface area contributed by atoms with Gasteiger partial charge >= 0.3 is 0 Å². The summed E-state index contributed by atoms with van der Waals surface area (Å²) in [5, 5.41) is 0. The minimum Gasteiger partial charge on any atom is -0.301 e. The second-order valence-corrected chi connectivity index (χ2v) is 9.34. The molecule has 0 saturated carbocycles. The van der Waals surface area contributed by atoms with E-state index in [4.69, 9.17) is 0 Å². The highest BCUT2D eigenvalue weighted by Crippen LogP contribution is 2.43. The highest BCUT2D eigenvalue weighted by molar-refractivity contribution is 5.05. The van der Waals surface area contributed by atoms with Crippen molar-refractivity contribution in [2.75, 3.05) is 52.4 Å². The Morgan fingerprint density at radius 2 is 1.22 bits per heavy atom. The van der Waals surface area contributed by atoms with Crippen LogP contribution in [0.5, 0.6) is 0 Å². The van der Waals surface area contributed by atoms with Crippen molar-refractivity contribution in [2.45, 2.75) is 64.7 Å². The fourth-order valence-corrected chi connectivity index (χ4v) is 5.06. The van der Waals surface area contributed by atoms with Crippen molar-refractivity contribution in [1.82, 2.24) is 19.6 Å². The van der Waals surface area contributed by atoms with Crippen LogP contribution in [0.2, 0.25) is 0 Å². The Morgan fingerprint density at radius 3 is 1.74 bits per heavy atom. The number of hydrogen-bond donors (Lipinski definition) is 0. The first-order valence-electron chi connectivity index (χ1n) is 9.92. The molecule has 1 spiro atoms. The number of likely N-dealkylation sites (tertiary alicyclic amines) is 4. The standard InChI is InChI=1S/C19H36N4/c1-15(2)20-7-5-19(6-8-20)13-23(14-19)18-11-22(12-18)17-9-21(10-17)16(3)4/h15-18H,5-14H2,1-4H3. The topological polar surface area (TPSA) is 13.0 Å². The van der Waals surface area contributed by atoms with E-state index in [1.807, 2.05) is 0 Å². The Balaban J connectivity index is 1.16. The van der Waals surface area contributed by atoms with Crippen LogP contribution in [0.15, 0.2) is 0 Å². The second-order valence-electron chi connectivity index (χ2n) is 9.34. The molecule has 4 rings (SSSR count). The van der Waals surface area contributed by atoms with Crippen molar-refractivity contribution in [3.63, 3.8) is 0 Å². The lowest BCUT2D eigenvalue weighted by atomic mass is 9.70. The van der Waals surface area contributed by atoms with Crippen LogP contribution in [0.3, 0.4) is 0 Å². The lowest BCUT2D eigenvalue weighted by molar-refractivity contribution is -0.127. The molecule has 0 radical (unpaired) electrons. The maximum Gasteiger partial charge on any atom is 0.0352 e. The summed E-state index contributed by atoms with van der Waals surface area (Å²) >= 11 is 0. The zero-order chi connectivity index (χ0) is 16.2. The van der Waals surface area contributed by atoms with Gasteiger partial charge in [-0.2, -0.15) is 0 Å². The Bertz CT molecular complexity index is 407. The van der Waals surface area contributed by atoms with E-state index in [1.165, 1.54) is 65.2 Å². The first-order chi connectivity index (χ1) is 11.0. The predicted molar refractivity (Wildman–Crippen MR) is 95.8 cm³/mol. The van der Waals surface area contributed by atoms with E-state index in [0.717, 1.165) is 24.2 Å². The van der Waals surface area contributed by atoms with Crippen molar-refractivity contribution in [2.24, 2.45) is 5.41 Å². The molecule has 4 aliphatic rings. The first kappa shape index (κ1) is 16.3. The largest absolute Gasteiger partial charge is 0.301 e. The summed E-state index contributed by atoms with van der Waals surface area (Å²) in [6.45, 7) is 20.0. The zero-order valence-electron chi connectivity index (χ0n) is 15.7. The molecule has 0 bridgehead atoms. The Hall–Kier alpha value is -0.160. The molecule has 0 unspecified atom stereocenters. The normalized spacial score (nSPS) is 31.6. The van der Waals surface area contributed by atoms with Gasteiger partial charge in [0.05, 0.1) is 0 Å². The van der Waals surface area contributed by atoms with Crippen molar-refractivity contribution < 1.29 is 0 Å². The van der Waals surface area contributed by atoms with Gasteiger partial charge in [-0.1, -0.05) is 0 Å². The number of piperidine rings is 1. The van der Waals surface area contributed by atoms with Gasteiger partial charge in [-0.25, -0.2) is 0 Å². The molecule has 4 saturated heterocycles. The SMILES string of the molecule is CC(C)N1CCC2(CC1)CN(C1CN(C3CN(C(C)C)C3)C1)C2. The molecule has 0 aromatic heterocycles. The molecule has 4 heteroatoms. The molecule has 4 aliphatic heterocycles. The van der Waals surface area contributed by atoms with E-state index in [2.05, 4.69) is 47.3 Å². The molecule has 4 fully saturated rings. The maximum atomic E-state index is 2.79. The van der Waals surface area contributed by atoms with E-state index in [1.54, 1.807) is 0 Å². The van der Waals surface area contributed by atoms with Gasteiger partial charge in [-0.3, -0.25) is 14.7 Å². The summed E-state index contributed by atoms with van der Waals surface area (Å²) in [6, 6.07) is 3.20. The number of hydrogen-bond acceptors (Lipinski definition) is 4. The van der Waals surface area contributed by atoms with Crippen molar-refractivity contribution in [3.8, 4) is 0 Å². The molecule has 132 valence electrons. The van der Waals surface area contributed by atoms with Gasteiger partial charge in [0, 0.05) is 63.4 Å². The van der Waals surface area contributed by atoms with E-state index in [-0.39, 0.29) is 0 Å². The van der Waals surface area contributed by atoms with Crippen LogP contribution in [0, 0.1) is 5.41 Å². The zero-order valence-corrected chi connectivity index (χ0v) is 15.7. The molecule has 23 heavy (non-hydrogen) atoms. The van der Waals surface area contributed by atoms with Crippen LogP contribution in [-0.2, 0) is 0 Å². The van der Waals surface area contributed by atoms with Crippen LogP contribution in [0.25, 0.3) is 0 Å².